The number of hydrogen-bond donors (Lipinski definition) is 0. The quantitative estimate of drug-likeness (QED) is 0.469. The van der Waals surface area contributed by atoms with Gasteiger partial charge in [-0.1, -0.05) is 0 Å². The van der Waals surface area contributed by atoms with Crippen LogP contribution in [0.3, 0.4) is 0 Å². The van der Waals surface area contributed by atoms with Gasteiger partial charge >= 0.3 is 0 Å². The summed E-state index contributed by atoms with van der Waals surface area (Å²) in [5.41, 5.74) is 0.765. The van der Waals surface area contributed by atoms with E-state index in [0.29, 0.717) is 30.3 Å². The summed E-state index contributed by atoms with van der Waals surface area (Å²) in [4.78, 5) is 23.5. The molecule has 2 rings (SSSR count). The van der Waals surface area contributed by atoms with Crippen molar-refractivity contribution in [3.8, 4) is 5.88 Å². The zero-order chi connectivity index (χ0) is 15.2. The van der Waals surface area contributed by atoms with E-state index >= 15 is 0 Å². The van der Waals surface area contributed by atoms with Gasteiger partial charge in [0.15, 0.2) is 5.82 Å². The molecule has 1 fully saturated rings. The summed E-state index contributed by atoms with van der Waals surface area (Å²) in [6.45, 7) is 5.36. The minimum Gasteiger partial charge on any atom is -0.474 e. The van der Waals surface area contributed by atoms with Crippen LogP contribution in [0.4, 0.5) is 5.82 Å². The highest BCUT2D eigenvalue weighted by Gasteiger charge is 2.22. The average Bonchev–Trinajstić information content (AvgIpc) is 2.49. The van der Waals surface area contributed by atoms with Crippen LogP contribution in [0.2, 0.25) is 0 Å². The van der Waals surface area contributed by atoms with Crippen molar-refractivity contribution in [2.24, 2.45) is 10.1 Å². The smallest absolute Gasteiger partial charge is 0.221 e. The van der Waals surface area contributed by atoms with Crippen LogP contribution >= 0.6 is 0 Å². The Bertz CT molecular complexity index is 548. The van der Waals surface area contributed by atoms with E-state index in [-0.39, 0.29) is 6.10 Å². The first-order chi connectivity index (χ1) is 10.2. The van der Waals surface area contributed by atoms with E-state index in [1.54, 1.807) is 7.05 Å². The molecule has 1 heterocycles. The van der Waals surface area contributed by atoms with E-state index in [1.807, 2.05) is 6.92 Å². The van der Waals surface area contributed by atoms with Gasteiger partial charge in [0.1, 0.15) is 24.6 Å². The Hall–Kier alpha value is -2.31. The van der Waals surface area contributed by atoms with Crippen LogP contribution in [0.1, 0.15) is 31.2 Å². The van der Waals surface area contributed by atoms with Crippen molar-refractivity contribution < 1.29 is 9.53 Å². The van der Waals surface area contributed by atoms with Gasteiger partial charge in [-0.2, -0.15) is 5.10 Å². The first-order valence-corrected chi connectivity index (χ1v) is 6.83. The van der Waals surface area contributed by atoms with Gasteiger partial charge in [0.2, 0.25) is 5.88 Å². The molecule has 0 aliphatic heterocycles. The average molecular weight is 289 g/mol. The van der Waals surface area contributed by atoms with Crippen molar-refractivity contribution in [1.29, 1.82) is 0 Å². The second kappa shape index (κ2) is 6.92. The highest BCUT2D eigenvalue weighted by molar-refractivity contribution is 5.79. The molecule has 7 nitrogen and oxygen atoms in total. The van der Waals surface area contributed by atoms with Crippen molar-refractivity contribution in [3.63, 3.8) is 0 Å². The van der Waals surface area contributed by atoms with Crippen molar-refractivity contribution in [3.05, 3.63) is 11.9 Å². The van der Waals surface area contributed by atoms with Gasteiger partial charge < -0.3 is 4.74 Å². The summed E-state index contributed by atoms with van der Waals surface area (Å²) in [5.74, 6) is 1.39. The summed E-state index contributed by atoms with van der Waals surface area (Å²) >= 11 is 0. The molecule has 1 aromatic rings. The molecule has 0 unspecified atom stereocenters. The number of anilines is 1. The number of hydrazone groups is 1. The number of ketones is 1. The fourth-order valence-corrected chi connectivity index (χ4v) is 2.23. The minimum absolute atomic E-state index is 0.0223. The summed E-state index contributed by atoms with van der Waals surface area (Å²) in [5, 5.41) is 5.32. The van der Waals surface area contributed by atoms with E-state index < -0.39 is 0 Å². The van der Waals surface area contributed by atoms with Gasteiger partial charge in [-0.15, -0.1) is 0 Å². The summed E-state index contributed by atoms with van der Waals surface area (Å²) < 4.78 is 5.91. The molecule has 1 aromatic heterocycles. The van der Waals surface area contributed by atoms with Gasteiger partial charge in [-0.05, 0) is 19.8 Å². The first kappa shape index (κ1) is 15.1. The third-order valence-electron chi connectivity index (χ3n) is 3.37. The highest BCUT2D eigenvalue weighted by Crippen LogP contribution is 2.27. The molecule has 0 atom stereocenters. The van der Waals surface area contributed by atoms with Crippen molar-refractivity contribution in [1.82, 2.24) is 9.97 Å². The number of aromatic nitrogens is 2. The molecule has 0 saturated heterocycles. The lowest BCUT2D eigenvalue weighted by Gasteiger charge is -2.23. The largest absolute Gasteiger partial charge is 0.474 e. The van der Waals surface area contributed by atoms with Crippen LogP contribution in [-0.4, -0.2) is 42.0 Å². The molecule has 0 amide bonds. The number of hydrogen-bond acceptors (Lipinski definition) is 6. The van der Waals surface area contributed by atoms with E-state index in [0.717, 1.165) is 18.4 Å². The summed E-state index contributed by atoms with van der Waals surface area (Å²) in [6.07, 6.45) is 5.58. The fourth-order valence-electron chi connectivity index (χ4n) is 2.23. The number of aliphatic imine (C=N–C) groups is 1. The molecule has 112 valence electrons. The Labute approximate surface area is 123 Å². The van der Waals surface area contributed by atoms with E-state index in [2.05, 4.69) is 26.8 Å². The van der Waals surface area contributed by atoms with Crippen LogP contribution in [0, 0.1) is 6.92 Å². The Morgan fingerprint density at radius 1 is 1.43 bits per heavy atom. The lowest BCUT2D eigenvalue weighted by atomic mass is 9.96. The molecule has 1 saturated carbocycles. The van der Waals surface area contributed by atoms with E-state index in [9.17, 15) is 4.79 Å². The van der Waals surface area contributed by atoms with Gasteiger partial charge in [-0.3, -0.25) is 9.79 Å². The minimum atomic E-state index is 0.0223. The molecule has 0 N–H and O–H groups in total. The molecular weight excluding hydrogens is 270 g/mol. The Morgan fingerprint density at radius 2 is 2.14 bits per heavy atom. The molecule has 0 spiro atoms. The lowest BCUT2D eigenvalue weighted by Crippen LogP contribution is -2.25. The predicted molar refractivity (Wildman–Crippen MR) is 81.1 cm³/mol. The summed E-state index contributed by atoms with van der Waals surface area (Å²) in [7, 11) is 1.64. The van der Waals surface area contributed by atoms with E-state index in [4.69, 9.17) is 4.74 Å². The van der Waals surface area contributed by atoms with Gasteiger partial charge in [0, 0.05) is 26.6 Å². The predicted octanol–water partition coefficient (Wildman–Crippen LogP) is 1.76. The molecule has 0 bridgehead atoms. The Kier molecular flexibility index (Phi) is 4.97. The SMILES string of the molecule is C=NN(C=NC)c1ncnc(OC2CCC(=O)CC2)c1C. The molecule has 1 aliphatic rings. The van der Waals surface area contributed by atoms with Gasteiger partial charge in [-0.25, -0.2) is 15.0 Å². The number of ether oxygens (including phenoxy) is 1. The monoisotopic (exact) mass is 289 g/mol. The van der Waals surface area contributed by atoms with Crippen LogP contribution in [-0.2, 0) is 4.79 Å². The van der Waals surface area contributed by atoms with Crippen LogP contribution in [0.5, 0.6) is 5.88 Å². The fraction of sp³-hybridized carbons (Fsp3) is 0.500. The second-order valence-corrected chi connectivity index (χ2v) is 4.84. The highest BCUT2D eigenvalue weighted by atomic mass is 16.5. The number of carbonyl (C=O) groups excluding carboxylic acids is 1. The molecule has 7 heteroatoms. The van der Waals surface area contributed by atoms with Crippen LogP contribution < -0.4 is 9.75 Å². The second-order valence-electron chi connectivity index (χ2n) is 4.84. The molecule has 1 aliphatic carbocycles. The van der Waals surface area contributed by atoms with Gasteiger partial charge in [0.25, 0.3) is 0 Å². The van der Waals surface area contributed by atoms with E-state index in [1.165, 1.54) is 17.7 Å². The van der Waals surface area contributed by atoms with Gasteiger partial charge in [0.05, 0.1) is 5.56 Å². The number of nitrogens with zero attached hydrogens (tertiary/aromatic N) is 5. The zero-order valence-corrected chi connectivity index (χ0v) is 12.3. The molecule has 0 aromatic carbocycles. The standard InChI is InChI=1S/C14H19N5O2/c1-10-13(19(16-3)9-15-2)17-8-18-14(10)21-12-6-4-11(20)5-7-12/h8-9,12H,3-7H2,1-2H3. The zero-order valence-electron chi connectivity index (χ0n) is 12.3. The number of carbonyl (C=O) groups is 1. The molecular formula is C14H19N5O2. The van der Waals surface area contributed by atoms with Crippen molar-refractivity contribution in [2.75, 3.05) is 12.1 Å². The van der Waals surface area contributed by atoms with Crippen LogP contribution in [0.25, 0.3) is 0 Å². The molecule has 0 radical (unpaired) electrons. The third kappa shape index (κ3) is 3.62. The lowest BCUT2D eigenvalue weighted by molar-refractivity contribution is -0.121. The van der Waals surface area contributed by atoms with Crippen molar-refractivity contribution >= 4 is 24.7 Å². The third-order valence-corrected chi connectivity index (χ3v) is 3.37. The number of Topliss-reactive ketones (excluding diaryl/α,β-unsaturated/α-hetero) is 1. The maximum atomic E-state index is 11.3. The number of rotatable bonds is 5. The summed E-state index contributed by atoms with van der Waals surface area (Å²) in [6, 6.07) is 0. The molecule has 21 heavy (non-hydrogen) atoms. The van der Waals surface area contributed by atoms with Crippen molar-refractivity contribution in [2.45, 2.75) is 38.7 Å². The maximum absolute atomic E-state index is 11.3. The Morgan fingerprint density at radius 3 is 2.76 bits per heavy atom. The topological polar surface area (TPSA) is 80.0 Å². The maximum Gasteiger partial charge on any atom is 0.221 e. The Balaban J connectivity index is 2.17. The van der Waals surface area contributed by atoms with Crippen LogP contribution in [0.15, 0.2) is 16.4 Å². The first-order valence-electron chi connectivity index (χ1n) is 6.83. The normalized spacial score (nSPS) is 16.2.